The van der Waals surface area contributed by atoms with Crippen LogP contribution < -0.4 is 10.5 Å². The second-order valence-corrected chi connectivity index (χ2v) is 9.35. The van der Waals surface area contributed by atoms with E-state index in [1.165, 1.54) is 28.6 Å². The molecular formula is C14H23N3O4S2. The predicted molar refractivity (Wildman–Crippen MR) is 87.9 cm³/mol. The average molecular weight is 361 g/mol. The molecule has 9 heteroatoms. The topological polar surface area (TPSA) is 110 Å². The molecule has 0 aliphatic carbocycles. The first-order valence-corrected chi connectivity index (χ1v) is 10.5. The number of nitrogens with one attached hydrogen (secondary N) is 1. The van der Waals surface area contributed by atoms with E-state index in [1.54, 1.807) is 6.92 Å². The van der Waals surface area contributed by atoms with Crippen molar-refractivity contribution < 1.29 is 16.8 Å². The van der Waals surface area contributed by atoms with Crippen LogP contribution >= 0.6 is 0 Å². The molecule has 0 spiro atoms. The Hall–Kier alpha value is -1.00. The van der Waals surface area contributed by atoms with Gasteiger partial charge in [0.15, 0.2) is 0 Å². The molecule has 3 N–H and O–H groups in total. The van der Waals surface area contributed by atoms with Crippen molar-refractivity contribution in [1.29, 1.82) is 0 Å². The fourth-order valence-electron chi connectivity index (χ4n) is 2.44. The van der Waals surface area contributed by atoms with Gasteiger partial charge in [-0.3, -0.25) is 0 Å². The van der Waals surface area contributed by atoms with Crippen LogP contribution in [0.2, 0.25) is 0 Å². The average Bonchev–Trinajstić information content (AvgIpc) is 2.55. The minimum absolute atomic E-state index is 0.00248. The van der Waals surface area contributed by atoms with Gasteiger partial charge in [0.1, 0.15) is 0 Å². The maximum Gasteiger partial charge on any atom is 0.243 e. The summed E-state index contributed by atoms with van der Waals surface area (Å²) < 4.78 is 53.7. The van der Waals surface area contributed by atoms with Crippen LogP contribution in [0.3, 0.4) is 0 Å². The number of piperidine rings is 1. The molecule has 0 aromatic heterocycles. The van der Waals surface area contributed by atoms with Crippen LogP contribution in [0.5, 0.6) is 0 Å². The van der Waals surface area contributed by atoms with Crippen molar-refractivity contribution in [2.45, 2.75) is 42.0 Å². The largest absolute Gasteiger partial charge is 0.329 e. The lowest BCUT2D eigenvalue weighted by Gasteiger charge is -2.26. The SMILES string of the molecule is C[C@@H](CN)NS(=O)(=O)c1cccc(S(=O)(=O)N2CCCCC2)c1. The molecule has 0 radical (unpaired) electrons. The molecule has 2 rings (SSSR count). The molecule has 1 aromatic rings. The molecule has 1 heterocycles. The Morgan fingerprint density at radius 1 is 1.13 bits per heavy atom. The van der Waals surface area contributed by atoms with Crippen molar-refractivity contribution in [3.8, 4) is 0 Å². The summed E-state index contributed by atoms with van der Waals surface area (Å²) in [5, 5.41) is 0. The van der Waals surface area contributed by atoms with Crippen LogP contribution in [0.4, 0.5) is 0 Å². The highest BCUT2D eigenvalue weighted by atomic mass is 32.2. The van der Waals surface area contributed by atoms with Gasteiger partial charge in [0.25, 0.3) is 0 Å². The minimum atomic E-state index is -3.80. The molecule has 130 valence electrons. The van der Waals surface area contributed by atoms with Gasteiger partial charge in [-0.1, -0.05) is 12.5 Å². The number of hydrogen-bond acceptors (Lipinski definition) is 5. The van der Waals surface area contributed by atoms with Crippen molar-refractivity contribution in [2.24, 2.45) is 5.73 Å². The Labute approximate surface area is 138 Å². The van der Waals surface area contributed by atoms with Crippen LogP contribution in [0, 0.1) is 0 Å². The molecule has 1 saturated heterocycles. The van der Waals surface area contributed by atoms with E-state index in [0.717, 1.165) is 19.3 Å². The van der Waals surface area contributed by atoms with Gasteiger partial charge >= 0.3 is 0 Å². The van der Waals surface area contributed by atoms with Crippen LogP contribution in [0.1, 0.15) is 26.2 Å². The van der Waals surface area contributed by atoms with Crippen molar-refractivity contribution in [2.75, 3.05) is 19.6 Å². The monoisotopic (exact) mass is 361 g/mol. The quantitative estimate of drug-likeness (QED) is 0.766. The first kappa shape index (κ1) is 18.3. The molecule has 1 aliphatic heterocycles. The lowest BCUT2D eigenvalue weighted by atomic mass is 10.2. The first-order chi connectivity index (χ1) is 10.8. The number of rotatable bonds is 6. The summed E-state index contributed by atoms with van der Waals surface area (Å²) in [6, 6.07) is 5.02. The molecule has 1 fully saturated rings. The molecule has 23 heavy (non-hydrogen) atoms. The second-order valence-electron chi connectivity index (χ2n) is 5.70. The van der Waals surface area contributed by atoms with Crippen LogP contribution in [-0.4, -0.2) is 46.8 Å². The maximum atomic E-state index is 12.6. The number of nitrogens with two attached hydrogens (primary N) is 1. The third-order valence-electron chi connectivity index (χ3n) is 3.78. The highest BCUT2D eigenvalue weighted by Crippen LogP contribution is 2.22. The van der Waals surface area contributed by atoms with Gasteiger partial charge in [-0.25, -0.2) is 21.6 Å². The summed E-state index contributed by atoms with van der Waals surface area (Å²) >= 11 is 0. The van der Waals surface area contributed by atoms with Crippen molar-refractivity contribution in [3.05, 3.63) is 24.3 Å². The molecule has 1 aromatic carbocycles. The summed E-state index contributed by atoms with van der Waals surface area (Å²) in [7, 11) is -7.46. The summed E-state index contributed by atoms with van der Waals surface area (Å²) in [6.45, 7) is 2.75. The zero-order chi connectivity index (χ0) is 17.1. The van der Waals surface area contributed by atoms with Gasteiger partial charge in [-0.2, -0.15) is 4.31 Å². The Morgan fingerprint density at radius 3 is 2.35 bits per heavy atom. The number of hydrogen-bond donors (Lipinski definition) is 2. The van der Waals surface area contributed by atoms with Gasteiger partial charge in [0.05, 0.1) is 9.79 Å². The lowest BCUT2D eigenvalue weighted by molar-refractivity contribution is 0.346. The maximum absolute atomic E-state index is 12.6. The Balaban J connectivity index is 2.32. The van der Waals surface area contributed by atoms with E-state index in [-0.39, 0.29) is 16.3 Å². The highest BCUT2D eigenvalue weighted by Gasteiger charge is 2.27. The van der Waals surface area contributed by atoms with Crippen LogP contribution in [0.25, 0.3) is 0 Å². The van der Waals surface area contributed by atoms with Crippen molar-refractivity contribution in [1.82, 2.24) is 9.03 Å². The highest BCUT2D eigenvalue weighted by molar-refractivity contribution is 7.90. The van der Waals surface area contributed by atoms with Crippen LogP contribution in [0.15, 0.2) is 34.1 Å². The normalized spacial score (nSPS) is 18.7. The van der Waals surface area contributed by atoms with E-state index in [4.69, 9.17) is 5.73 Å². The molecule has 0 saturated carbocycles. The van der Waals surface area contributed by atoms with Crippen molar-refractivity contribution in [3.63, 3.8) is 0 Å². The van der Waals surface area contributed by atoms with Gasteiger partial charge in [0, 0.05) is 25.7 Å². The third-order valence-corrected chi connectivity index (χ3v) is 7.26. The molecule has 7 nitrogen and oxygen atoms in total. The second kappa shape index (κ2) is 7.27. The fourth-order valence-corrected chi connectivity index (χ4v) is 5.38. The van der Waals surface area contributed by atoms with E-state index in [2.05, 4.69) is 4.72 Å². The van der Waals surface area contributed by atoms with Crippen molar-refractivity contribution >= 4 is 20.0 Å². The van der Waals surface area contributed by atoms with E-state index in [9.17, 15) is 16.8 Å². The molecule has 1 atom stereocenters. The van der Waals surface area contributed by atoms with E-state index in [1.807, 2.05) is 0 Å². The Kier molecular flexibility index (Phi) is 5.79. The third kappa shape index (κ3) is 4.30. The van der Waals surface area contributed by atoms with Gasteiger partial charge < -0.3 is 5.73 Å². The first-order valence-electron chi connectivity index (χ1n) is 7.60. The van der Waals surface area contributed by atoms with E-state index < -0.39 is 26.1 Å². The Morgan fingerprint density at radius 2 is 1.74 bits per heavy atom. The molecular weight excluding hydrogens is 338 g/mol. The van der Waals surface area contributed by atoms with Gasteiger partial charge in [0.2, 0.25) is 20.0 Å². The van der Waals surface area contributed by atoms with Gasteiger partial charge in [-0.05, 0) is 38.0 Å². The minimum Gasteiger partial charge on any atom is -0.329 e. The zero-order valence-corrected chi connectivity index (χ0v) is 14.7. The fraction of sp³-hybridized carbons (Fsp3) is 0.571. The molecule has 0 unspecified atom stereocenters. The molecule has 0 amide bonds. The summed E-state index contributed by atoms with van der Waals surface area (Å²) in [4.78, 5) is -0.0708. The van der Waals surface area contributed by atoms with Gasteiger partial charge in [-0.15, -0.1) is 0 Å². The smallest absolute Gasteiger partial charge is 0.243 e. The lowest BCUT2D eigenvalue weighted by Crippen LogP contribution is -2.38. The van der Waals surface area contributed by atoms with E-state index >= 15 is 0 Å². The number of sulfonamides is 2. The molecule has 0 bridgehead atoms. The summed E-state index contributed by atoms with van der Waals surface area (Å²) in [5.41, 5.74) is 5.42. The number of nitrogens with zero attached hydrogens (tertiary/aromatic N) is 1. The zero-order valence-electron chi connectivity index (χ0n) is 13.1. The Bertz CT molecular complexity index is 741. The predicted octanol–water partition coefficient (Wildman–Crippen LogP) is 0.487. The molecule has 1 aliphatic rings. The summed E-state index contributed by atoms with van der Waals surface area (Å²) in [6.07, 6.45) is 2.67. The number of benzene rings is 1. The summed E-state index contributed by atoms with van der Waals surface area (Å²) in [5.74, 6) is 0. The standard InChI is InChI=1S/C14H23N3O4S2/c1-12(11-15)16-22(18,19)13-6-5-7-14(10-13)23(20,21)17-8-3-2-4-9-17/h5-7,10,12,16H,2-4,8-9,11,15H2,1H3/t12-/m0/s1. The van der Waals surface area contributed by atoms with E-state index in [0.29, 0.717) is 13.1 Å². The van der Waals surface area contributed by atoms with Crippen LogP contribution in [-0.2, 0) is 20.0 Å².